The van der Waals surface area contributed by atoms with Crippen molar-refractivity contribution in [2.45, 2.75) is 18.6 Å². The Balaban J connectivity index is 2.33. The van der Waals surface area contributed by atoms with Crippen molar-refractivity contribution in [3.05, 3.63) is 68.7 Å². The Kier molecular flexibility index (Phi) is 4.96. The smallest absolute Gasteiger partial charge is 0.324 e. The molecule has 2 aromatic rings. The molecule has 1 unspecified atom stereocenters. The van der Waals surface area contributed by atoms with E-state index in [1.165, 1.54) is 6.07 Å². The van der Waals surface area contributed by atoms with Gasteiger partial charge >= 0.3 is 6.18 Å². The van der Waals surface area contributed by atoms with Crippen molar-refractivity contribution in [1.29, 1.82) is 0 Å². The highest BCUT2D eigenvalue weighted by Crippen LogP contribution is 2.36. The van der Waals surface area contributed by atoms with Crippen molar-refractivity contribution in [2.24, 2.45) is 5.73 Å². The van der Waals surface area contributed by atoms with E-state index in [4.69, 9.17) is 17.3 Å². The molecule has 2 N–H and O–H groups in total. The Hall–Kier alpha value is -1.04. The molecule has 2 aromatic carbocycles. The van der Waals surface area contributed by atoms with Crippen molar-refractivity contribution in [2.75, 3.05) is 0 Å². The van der Waals surface area contributed by atoms with Gasteiger partial charge in [-0.05, 0) is 41.8 Å². The largest absolute Gasteiger partial charge is 0.416 e. The number of benzene rings is 2. The molecule has 1 atom stereocenters. The van der Waals surface area contributed by atoms with Gasteiger partial charge in [-0.3, -0.25) is 0 Å². The van der Waals surface area contributed by atoms with Crippen LogP contribution in [0.4, 0.5) is 13.2 Å². The first-order chi connectivity index (χ1) is 9.77. The lowest BCUT2D eigenvalue weighted by atomic mass is 9.95. The SMILES string of the molecule is NC(Cc1cccc(Cl)c1)c1ccc(Br)cc1C(F)(F)F. The maximum atomic E-state index is 13.1. The highest BCUT2D eigenvalue weighted by atomic mass is 79.9. The average Bonchev–Trinajstić information content (AvgIpc) is 2.37. The van der Waals surface area contributed by atoms with Crippen LogP contribution in [0.1, 0.15) is 22.7 Å². The molecule has 0 aliphatic carbocycles. The monoisotopic (exact) mass is 377 g/mol. The van der Waals surface area contributed by atoms with Crippen molar-refractivity contribution < 1.29 is 13.2 Å². The molecule has 2 rings (SSSR count). The quantitative estimate of drug-likeness (QED) is 0.764. The van der Waals surface area contributed by atoms with Gasteiger partial charge in [0.2, 0.25) is 0 Å². The van der Waals surface area contributed by atoms with Crippen LogP contribution in [0.2, 0.25) is 5.02 Å². The lowest BCUT2D eigenvalue weighted by molar-refractivity contribution is -0.138. The number of halogens is 5. The van der Waals surface area contributed by atoms with E-state index in [-0.39, 0.29) is 12.0 Å². The molecule has 112 valence electrons. The first-order valence-electron chi connectivity index (χ1n) is 6.14. The van der Waals surface area contributed by atoms with Crippen LogP contribution in [0, 0.1) is 0 Å². The maximum Gasteiger partial charge on any atom is 0.416 e. The van der Waals surface area contributed by atoms with Crippen LogP contribution in [-0.4, -0.2) is 0 Å². The summed E-state index contributed by atoms with van der Waals surface area (Å²) in [4.78, 5) is 0. The predicted molar refractivity (Wildman–Crippen MR) is 81.2 cm³/mol. The zero-order valence-electron chi connectivity index (χ0n) is 10.8. The minimum Gasteiger partial charge on any atom is -0.324 e. The van der Waals surface area contributed by atoms with Crippen molar-refractivity contribution in [3.8, 4) is 0 Å². The van der Waals surface area contributed by atoms with Gasteiger partial charge in [0.05, 0.1) is 5.56 Å². The summed E-state index contributed by atoms with van der Waals surface area (Å²) >= 11 is 8.93. The zero-order chi connectivity index (χ0) is 15.6. The fraction of sp³-hybridized carbons (Fsp3) is 0.200. The van der Waals surface area contributed by atoms with Gasteiger partial charge in [-0.15, -0.1) is 0 Å². The molecule has 0 saturated carbocycles. The second kappa shape index (κ2) is 6.38. The third-order valence-corrected chi connectivity index (χ3v) is 3.79. The first kappa shape index (κ1) is 16.3. The van der Waals surface area contributed by atoms with Crippen LogP contribution >= 0.6 is 27.5 Å². The van der Waals surface area contributed by atoms with Crippen LogP contribution in [-0.2, 0) is 12.6 Å². The van der Waals surface area contributed by atoms with E-state index in [1.807, 2.05) is 0 Å². The number of hydrogen-bond donors (Lipinski definition) is 1. The fourth-order valence-corrected chi connectivity index (χ4v) is 2.70. The second-order valence-corrected chi connectivity index (χ2v) is 6.02. The normalized spacial score (nSPS) is 13.2. The van der Waals surface area contributed by atoms with Crippen LogP contribution in [0.5, 0.6) is 0 Å². The molecule has 6 heteroatoms. The maximum absolute atomic E-state index is 13.1. The van der Waals surface area contributed by atoms with E-state index in [1.54, 1.807) is 30.3 Å². The molecule has 21 heavy (non-hydrogen) atoms. The highest BCUT2D eigenvalue weighted by molar-refractivity contribution is 9.10. The summed E-state index contributed by atoms with van der Waals surface area (Å²) in [6.07, 6.45) is -4.16. The highest BCUT2D eigenvalue weighted by Gasteiger charge is 2.34. The molecule has 0 aliphatic heterocycles. The van der Waals surface area contributed by atoms with E-state index in [0.29, 0.717) is 9.50 Å². The Morgan fingerprint density at radius 3 is 2.48 bits per heavy atom. The summed E-state index contributed by atoms with van der Waals surface area (Å²) in [6, 6.07) is 10.2. The summed E-state index contributed by atoms with van der Waals surface area (Å²) in [7, 11) is 0. The van der Waals surface area contributed by atoms with Gasteiger partial charge in [0.15, 0.2) is 0 Å². The third-order valence-electron chi connectivity index (χ3n) is 3.06. The molecule has 0 aromatic heterocycles. The topological polar surface area (TPSA) is 26.0 Å². The van der Waals surface area contributed by atoms with Crippen LogP contribution < -0.4 is 5.73 Å². The average molecular weight is 379 g/mol. The van der Waals surface area contributed by atoms with E-state index >= 15 is 0 Å². The number of hydrogen-bond acceptors (Lipinski definition) is 1. The van der Waals surface area contributed by atoms with Crippen LogP contribution in [0.3, 0.4) is 0 Å². The zero-order valence-corrected chi connectivity index (χ0v) is 13.1. The summed E-state index contributed by atoms with van der Waals surface area (Å²) in [5, 5.41) is 0.534. The van der Waals surface area contributed by atoms with E-state index in [9.17, 15) is 13.2 Å². The molecule has 0 radical (unpaired) electrons. The summed E-state index contributed by atoms with van der Waals surface area (Å²) in [6.45, 7) is 0. The Bertz CT molecular complexity index is 643. The summed E-state index contributed by atoms with van der Waals surface area (Å²) in [5.41, 5.74) is 6.12. The summed E-state index contributed by atoms with van der Waals surface area (Å²) < 4.78 is 39.7. The Morgan fingerprint density at radius 1 is 1.14 bits per heavy atom. The molecule has 0 aliphatic rings. The van der Waals surface area contributed by atoms with Crippen molar-refractivity contribution >= 4 is 27.5 Å². The van der Waals surface area contributed by atoms with Crippen LogP contribution in [0.15, 0.2) is 46.9 Å². The van der Waals surface area contributed by atoms with Crippen molar-refractivity contribution in [1.82, 2.24) is 0 Å². The number of rotatable bonds is 3. The molecule has 0 bridgehead atoms. The Morgan fingerprint density at radius 2 is 1.86 bits per heavy atom. The fourth-order valence-electron chi connectivity index (χ4n) is 2.13. The standard InChI is InChI=1S/C15H12BrClF3N/c16-10-4-5-12(13(8-10)15(18,19)20)14(21)7-9-2-1-3-11(17)6-9/h1-6,8,14H,7,21H2. The predicted octanol–water partition coefficient (Wildman–Crippen LogP) is 5.36. The minimum atomic E-state index is -4.44. The first-order valence-corrected chi connectivity index (χ1v) is 7.31. The molecule has 0 heterocycles. The number of alkyl halides is 3. The molecule has 0 saturated heterocycles. The van der Waals surface area contributed by atoms with Gasteiger partial charge < -0.3 is 5.73 Å². The lowest BCUT2D eigenvalue weighted by Gasteiger charge is -2.19. The Labute approximate surface area is 134 Å². The molecular formula is C15H12BrClF3N. The molecule has 0 spiro atoms. The number of nitrogens with two attached hydrogens (primary N) is 1. The molecular weight excluding hydrogens is 367 g/mol. The van der Waals surface area contributed by atoms with Gasteiger partial charge in [-0.25, -0.2) is 0 Å². The second-order valence-electron chi connectivity index (χ2n) is 4.67. The molecule has 0 amide bonds. The van der Waals surface area contributed by atoms with Gasteiger partial charge in [-0.2, -0.15) is 13.2 Å². The van der Waals surface area contributed by atoms with Gasteiger partial charge in [0.25, 0.3) is 0 Å². The molecule has 0 fully saturated rings. The minimum absolute atomic E-state index is 0.0747. The summed E-state index contributed by atoms with van der Waals surface area (Å²) in [5.74, 6) is 0. The third kappa shape index (κ3) is 4.22. The van der Waals surface area contributed by atoms with E-state index in [0.717, 1.165) is 11.6 Å². The van der Waals surface area contributed by atoms with E-state index < -0.39 is 17.8 Å². The van der Waals surface area contributed by atoms with E-state index in [2.05, 4.69) is 15.9 Å². The molecule has 1 nitrogen and oxygen atoms in total. The van der Waals surface area contributed by atoms with Gasteiger partial charge in [0, 0.05) is 15.5 Å². The van der Waals surface area contributed by atoms with Crippen LogP contribution in [0.25, 0.3) is 0 Å². The van der Waals surface area contributed by atoms with Gasteiger partial charge in [-0.1, -0.05) is 45.7 Å². The van der Waals surface area contributed by atoms with Crippen molar-refractivity contribution in [3.63, 3.8) is 0 Å². The van der Waals surface area contributed by atoms with Gasteiger partial charge in [0.1, 0.15) is 0 Å². The lowest BCUT2D eigenvalue weighted by Crippen LogP contribution is -2.19.